The van der Waals surface area contributed by atoms with Crippen LogP contribution in [0.5, 0.6) is 0 Å². The predicted octanol–water partition coefficient (Wildman–Crippen LogP) is 1.12. The zero-order valence-corrected chi connectivity index (χ0v) is 25.7. The van der Waals surface area contributed by atoms with Crippen LogP contribution in [0.15, 0.2) is 53.4 Å². The highest BCUT2D eigenvalue weighted by atomic mass is 127. The molecular formula is C27H37IN6O4S. The summed E-state index contributed by atoms with van der Waals surface area (Å²) in [5, 5.41) is 2.91. The van der Waals surface area contributed by atoms with Crippen molar-refractivity contribution in [3.63, 3.8) is 0 Å². The fraction of sp³-hybridized carbons (Fsp3) is 0.481. The summed E-state index contributed by atoms with van der Waals surface area (Å²) in [6, 6.07) is 13.4. The van der Waals surface area contributed by atoms with E-state index >= 15 is 0 Å². The van der Waals surface area contributed by atoms with E-state index in [1.54, 1.807) is 29.2 Å². The molecule has 212 valence electrons. The molecule has 0 radical (unpaired) electrons. The van der Waals surface area contributed by atoms with Crippen molar-refractivity contribution in [3.8, 4) is 0 Å². The van der Waals surface area contributed by atoms with E-state index in [4.69, 9.17) is 0 Å². The third-order valence-corrected chi connectivity index (χ3v) is 9.92. The highest BCUT2D eigenvalue weighted by Gasteiger charge is 2.41. The van der Waals surface area contributed by atoms with E-state index in [1.165, 1.54) is 4.31 Å². The maximum Gasteiger partial charge on any atom is 0.243 e. The predicted molar refractivity (Wildman–Crippen MR) is 160 cm³/mol. The van der Waals surface area contributed by atoms with Gasteiger partial charge in [-0.1, -0.05) is 12.1 Å². The molecule has 1 unspecified atom stereocenters. The lowest BCUT2D eigenvalue weighted by Crippen LogP contribution is -2.62. The number of amides is 2. The van der Waals surface area contributed by atoms with Crippen LogP contribution in [0.2, 0.25) is 0 Å². The molecule has 10 nitrogen and oxygen atoms in total. The molecule has 0 spiro atoms. The van der Waals surface area contributed by atoms with Gasteiger partial charge in [0, 0.05) is 75.7 Å². The van der Waals surface area contributed by atoms with Crippen LogP contribution in [0.3, 0.4) is 0 Å². The second-order valence-electron chi connectivity index (χ2n) is 10.3. The molecule has 2 aliphatic rings. The lowest BCUT2D eigenvalue weighted by atomic mass is 10.1. The van der Waals surface area contributed by atoms with E-state index in [0.29, 0.717) is 0 Å². The van der Waals surface area contributed by atoms with Gasteiger partial charge in [0.15, 0.2) is 0 Å². The second kappa shape index (κ2) is 12.9. The minimum Gasteiger partial charge on any atom is -0.378 e. The lowest BCUT2D eigenvalue weighted by Gasteiger charge is -2.40. The molecule has 1 N–H and O–H groups in total. The van der Waals surface area contributed by atoms with Gasteiger partial charge in [0.1, 0.15) is 6.04 Å². The summed E-state index contributed by atoms with van der Waals surface area (Å²) in [6.07, 6.45) is 0. The molecule has 39 heavy (non-hydrogen) atoms. The van der Waals surface area contributed by atoms with Crippen LogP contribution in [0, 0.1) is 3.57 Å². The third-order valence-electron chi connectivity index (χ3n) is 7.28. The topological polar surface area (TPSA) is 96.5 Å². The molecule has 0 saturated carbocycles. The van der Waals surface area contributed by atoms with Gasteiger partial charge in [0.2, 0.25) is 21.8 Å². The van der Waals surface area contributed by atoms with Crippen molar-refractivity contribution in [3.05, 3.63) is 57.7 Å². The highest BCUT2D eigenvalue weighted by molar-refractivity contribution is 14.1. The normalized spacial score (nSPS) is 19.6. The van der Waals surface area contributed by atoms with E-state index in [2.05, 4.69) is 44.8 Å². The monoisotopic (exact) mass is 668 g/mol. The van der Waals surface area contributed by atoms with Crippen LogP contribution in [0.4, 0.5) is 5.69 Å². The second-order valence-corrected chi connectivity index (χ2v) is 13.4. The molecule has 2 fully saturated rings. The summed E-state index contributed by atoms with van der Waals surface area (Å²) in [4.78, 5) is 34.8. The van der Waals surface area contributed by atoms with Gasteiger partial charge in [0.05, 0.1) is 11.4 Å². The van der Waals surface area contributed by atoms with E-state index in [-0.39, 0.29) is 43.5 Å². The SMILES string of the molecule is CN1CCN(CC(=O)N2CCN(S(=O)(=O)c3ccc(I)cc3)C(C(=O)NCc3ccc(N(C)C)cc3)C2)CC1. The highest BCUT2D eigenvalue weighted by Crippen LogP contribution is 2.23. The number of benzene rings is 2. The van der Waals surface area contributed by atoms with Gasteiger partial charge in [-0.25, -0.2) is 8.42 Å². The minimum atomic E-state index is -3.94. The van der Waals surface area contributed by atoms with Gasteiger partial charge in [-0.3, -0.25) is 14.5 Å². The summed E-state index contributed by atoms with van der Waals surface area (Å²) in [5.74, 6) is -0.499. The number of carbonyl (C=O) groups excluding carboxylic acids is 2. The molecule has 2 aromatic carbocycles. The maximum atomic E-state index is 13.6. The number of anilines is 1. The van der Waals surface area contributed by atoms with E-state index in [9.17, 15) is 18.0 Å². The van der Waals surface area contributed by atoms with Crippen molar-refractivity contribution in [2.75, 3.05) is 78.4 Å². The number of hydrogen-bond donors (Lipinski definition) is 1. The number of piperazine rings is 2. The Morgan fingerprint density at radius 2 is 1.59 bits per heavy atom. The Hall–Kier alpha value is -2.26. The number of carbonyl (C=O) groups is 2. The quantitative estimate of drug-likeness (QED) is 0.422. The van der Waals surface area contributed by atoms with Gasteiger partial charge >= 0.3 is 0 Å². The Balaban J connectivity index is 1.50. The van der Waals surface area contributed by atoms with E-state index in [0.717, 1.165) is 41.0 Å². The van der Waals surface area contributed by atoms with E-state index < -0.39 is 22.0 Å². The number of rotatable bonds is 8. The standard InChI is InChI=1S/C27H37IN6O4S/c1-30(2)23-8-4-21(5-9-23)18-29-27(36)25-19-33(26(35)20-32-14-12-31(3)13-15-32)16-17-34(25)39(37,38)24-10-6-22(28)7-11-24/h4-11,25H,12-20H2,1-3H3,(H,29,36). The number of nitrogens with zero attached hydrogens (tertiary/aromatic N) is 5. The first-order valence-corrected chi connectivity index (χ1v) is 15.6. The average molecular weight is 669 g/mol. The number of nitrogens with one attached hydrogen (secondary N) is 1. The molecule has 2 aromatic rings. The Labute approximate surface area is 245 Å². The summed E-state index contributed by atoms with van der Waals surface area (Å²) in [7, 11) is 2.03. The summed E-state index contributed by atoms with van der Waals surface area (Å²) in [6.45, 7) is 4.25. The molecular weight excluding hydrogens is 631 g/mol. The Morgan fingerprint density at radius 3 is 2.21 bits per heavy atom. The molecule has 12 heteroatoms. The third kappa shape index (κ3) is 7.48. The van der Waals surface area contributed by atoms with Crippen LogP contribution >= 0.6 is 22.6 Å². The fourth-order valence-electron chi connectivity index (χ4n) is 4.75. The first-order chi connectivity index (χ1) is 18.5. The first kappa shape index (κ1) is 29.7. The molecule has 0 bridgehead atoms. The summed E-state index contributed by atoms with van der Waals surface area (Å²) < 4.78 is 29.4. The van der Waals surface area contributed by atoms with Gasteiger partial charge < -0.3 is 20.0 Å². The largest absolute Gasteiger partial charge is 0.378 e. The molecule has 2 saturated heterocycles. The summed E-state index contributed by atoms with van der Waals surface area (Å²) >= 11 is 2.12. The maximum absolute atomic E-state index is 13.6. The molecule has 1 atom stereocenters. The van der Waals surface area contributed by atoms with Gasteiger partial charge in [-0.05, 0) is 71.6 Å². The Bertz CT molecular complexity index is 1250. The number of hydrogen-bond acceptors (Lipinski definition) is 7. The number of halogens is 1. The van der Waals surface area contributed by atoms with Crippen LogP contribution in [0.25, 0.3) is 0 Å². The van der Waals surface area contributed by atoms with Crippen molar-refractivity contribution in [2.24, 2.45) is 0 Å². The zero-order chi connectivity index (χ0) is 28.2. The van der Waals surface area contributed by atoms with Gasteiger partial charge in [-0.2, -0.15) is 4.31 Å². The van der Waals surface area contributed by atoms with Crippen LogP contribution in [-0.4, -0.2) is 119 Å². The van der Waals surface area contributed by atoms with Crippen molar-refractivity contribution < 1.29 is 18.0 Å². The molecule has 2 amide bonds. The summed E-state index contributed by atoms with van der Waals surface area (Å²) in [5.41, 5.74) is 1.95. The number of sulfonamides is 1. The van der Waals surface area contributed by atoms with Crippen molar-refractivity contribution in [2.45, 2.75) is 17.5 Å². The zero-order valence-electron chi connectivity index (χ0n) is 22.7. The lowest BCUT2D eigenvalue weighted by molar-refractivity contribution is -0.137. The smallest absolute Gasteiger partial charge is 0.243 e. The van der Waals surface area contributed by atoms with Gasteiger partial charge in [0.25, 0.3) is 0 Å². The van der Waals surface area contributed by atoms with E-state index in [1.807, 2.05) is 43.3 Å². The van der Waals surface area contributed by atoms with Gasteiger partial charge in [-0.15, -0.1) is 0 Å². The minimum absolute atomic E-state index is 0.0155. The molecule has 4 rings (SSSR count). The molecule has 0 aliphatic carbocycles. The van der Waals surface area contributed by atoms with Crippen molar-refractivity contribution >= 4 is 50.1 Å². The number of likely N-dealkylation sites (N-methyl/N-ethyl adjacent to an activating group) is 1. The Morgan fingerprint density at radius 1 is 0.949 bits per heavy atom. The molecule has 2 aliphatic heterocycles. The average Bonchev–Trinajstić information content (AvgIpc) is 2.93. The first-order valence-electron chi connectivity index (χ1n) is 13.0. The molecule has 0 aromatic heterocycles. The van der Waals surface area contributed by atoms with Crippen molar-refractivity contribution in [1.82, 2.24) is 24.3 Å². The van der Waals surface area contributed by atoms with Crippen LogP contribution in [0.1, 0.15) is 5.56 Å². The fourth-order valence-corrected chi connectivity index (χ4v) is 6.68. The van der Waals surface area contributed by atoms with Crippen LogP contribution in [-0.2, 0) is 26.2 Å². The molecule has 2 heterocycles. The van der Waals surface area contributed by atoms with Crippen molar-refractivity contribution in [1.29, 1.82) is 0 Å². The van der Waals surface area contributed by atoms with Crippen LogP contribution < -0.4 is 10.2 Å². The Kier molecular flexibility index (Phi) is 9.86.